The van der Waals surface area contributed by atoms with Crippen LogP contribution in [-0.4, -0.2) is 53.1 Å². The van der Waals surface area contributed by atoms with E-state index in [9.17, 15) is 19.5 Å². The lowest BCUT2D eigenvalue weighted by Crippen LogP contribution is -2.49. The van der Waals surface area contributed by atoms with Gasteiger partial charge in [0.15, 0.2) is 0 Å². The molecule has 1 fully saturated rings. The van der Waals surface area contributed by atoms with Crippen molar-refractivity contribution in [1.82, 2.24) is 4.90 Å². The summed E-state index contributed by atoms with van der Waals surface area (Å²) in [7, 11) is 0. The molecule has 8 heteroatoms. The van der Waals surface area contributed by atoms with Gasteiger partial charge in [0.05, 0.1) is 31.1 Å². The first-order chi connectivity index (χ1) is 15.3. The fraction of sp³-hybridized carbons (Fsp3) is 0.542. The second kappa shape index (κ2) is 10.5. The lowest BCUT2D eigenvalue weighted by atomic mass is 9.69. The number of aliphatic hydroxyl groups is 1. The number of rotatable bonds is 8. The Morgan fingerprint density at radius 3 is 2.50 bits per heavy atom. The molecule has 1 aromatic carbocycles. The van der Waals surface area contributed by atoms with E-state index in [4.69, 9.17) is 16.3 Å². The number of fused-ring (bicyclic) bond motifs is 1. The van der Waals surface area contributed by atoms with Gasteiger partial charge in [0, 0.05) is 16.6 Å². The molecule has 0 saturated carbocycles. The van der Waals surface area contributed by atoms with Crippen molar-refractivity contribution >= 4 is 35.1 Å². The molecule has 0 bridgehead atoms. The van der Waals surface area contributed by atoms with Crippen LogP contribution in [-0.2, 0) is 19.1 Å². The van der Waals surface area contributed by atoms with E-state index >= 15 is 0 Å². The highest BCUT2D eigenvalue weighted by atomic mass is 35.5. The van der Waals surface area contributed by atoms with Gasteiger partial charge in [0.2, 0.25) is 11.8 Å². The van der Waals surface area contributed by atoms with Crippen LogP contribution in [0.15, 0.2) is 36.4 Å². The summed E-state index contributed by atoms with van der Waals surface area (Å²) in [5.41, 5.74) is 0.553. The van der Waals surface area contributed by atoms with E-state index in [1.807, 2.05) is 19.1 Å². The average Bonchev–Trinajstić information content (AvgIpc) is 3.07. The molecule has 7 nitrogen and oxygen atoms in total. The van der Waals surface area contributed by atoms with Crippen molar-refractivity contribution in [3.05, 3.63) is 41.4 Å². The molecule has 1 aliphatic heterocycles. The SMILES string of the molecule is CCC[C@@H]1C=C[C@H]2[C@@H](C(=O)N([C@H](C)CO)[C@@H]2C(=O)Nc2ccc(Cl)cc2)[C@@H]1C(=O)OCC. The Balaban J connectivity index is 1.99. The van der Waals surface area contributed by atoms with Gasteiger partial charge in [0.1, 0.15) is 6.04 Å². The summed E-state index contributed by atoms with van der Waals surface area (Å²) in [5, 5.41) is 13.2. The van der Waals surface area contributed by atoms with Gasteiger partial charge in [-0.15, -0.1) is 0 Å². The molecule has 1 aromatic rings. The largest absolute Gasteiger partial charge is 0.466 e. The molecule has 6 atom stereocenters. The molecule has 1 heterocycles. The third-order valence-electron chi connectivity index (χ3n) is 6.35. The summed E-state index contributed by atoms with van der Waals surface area (Å²) in [6, 6.07) is 5.28. The van der Waals surface area contributed by atoms with Crippen molar-refractivity contribution in [3.8, 4) is 0 Å². The zero-order chi connectivity index (χ0) is 23.4. The third-order valence-corrected chi connectivity index (χ3v) is 6.60. The Labute approximate surface area is 193 Å². The number of carbonyl (C=O) groups excluding carboxylic acids is 3. The number of hydrogen-bond acceptors (Lipinski definition) is 5. The Kier molecular flexibility index (Phi) is 7.96. The molecule has 0 unspecified atom stereocenters. The molecule has 1 aliphatic carbocycles. The van der Waals surface area contributed by atoms with Gasteiger partial charge >= 0.3 is 5.97 Å². The van der Waals surface area contributed by atoms with Crippen molar-refractivity contribution in [3.63, 3.8) is 0 Å². The van der Waals surface area contributed by atoms with E-state index in [1.54, 1.807) is 38.1 Å². The number of carbonyl (C=O) groups is 3. The van der Waals surface area contributed by atoms with Gasteiger partial charge in [-0.2, -0.15) is 0 Å². The van der Waals surface area contributed by atoms with Crippen molar-refractivity contribution in [1.29, 1.82) is 0 Å². The first-order valence-electron chi connectivity index (χ1n) is 11.2. The number of anilines is 1. The molecule has 0 aromatic heterocycles. The number of nitrogens with zero attached hydrogens (tertiary/aromatic N) is 1. The van der Waals surface area contributed by atoms with E-state index in [0.29, 0.717) is 10.7 Å². The number of aliphatic hydroxyl groups excluding tert-OH is 1. The average molecular weight is 463 g/mol. The van der Waals surface area contributed by atoms with Gasteiger partial charge in [-0.3, -0.25) is 14.4 Å². The maximum absolute atomic E-state index is 13.6. The van der Waals surface area contributed by atoms with Crippen LogP contribution < -0.4 is 5.32 Å². The fourth-order valence-corrected chi connectivity index (χ4v) is 5.06. The highest BCUT2D eigenvalue weighted by Gasteiger charge is 2.58. The number of halogens is 1. The van der Waals surface area contributed by atoms with Gasteiger partial charge in [-0.25, -0.2) is 0 Å². The summed E-state index contributed by atoms with van der Waals surface area (Å²) >= 11 is 5.93. The van der Waals surface area contributed by atoms with Crippen LogP contribution in [0.3, 0.4) is 0 Å². The zero-order valence-corrected chi connectivity index (χ0v) is 19.4. The van der Waals surface area contributed by atoms with Crippen molar-refractivity contribution < 1.29 is 24.2 Å². The third kappa shape index (κ3) is 4.69. The van der Waals surface area contributed by atoms with Gasteiger partial charge in [0.25, 0.3) is 0 Å². The summed E-state index contributed by atoms with van der Waals surface area (Å²) in [5.74, 6) is -3.05. The van der Waals surface area contributed by atoms with Crippen LogP contribution in [0.5, 0.6) is 0 Å². The number of amides is 2. The van der Waals surface area contributed by atoms with E-state index in [0.717, 1.165) is 12.8 Å². The molecular weight excluding hydrogens is 432 g/mol. The van der Waals surface area contributed by atoms with Crippen molar-refractivity contribution in [2.75, 3.05) is 18.5 Å². The second-order valence-electron chi connectivity index (χ2n) is 8.44. The molecule has 2 amide bonds. The van der Waals surface area contributed by atoms with E-state index in [2.05, 4.69) is 5.32 Å². The van der Waals surface area contributed by atoms with Crippen LogP contribution in [0.4, 0.5) is 5.69 Å². The minimum atomic E-state index is -0.846. The van der Waals surface area contributed by atoms with E-state index < -0.39 is 35.8 Å². The molecule has 174 valence electrons. The summed E-state index contributed by atoms with van der Waals surface area (Å²) < 4.78 is 5.33. The highest BCUT2D eigenvalue weighted by Crippen LogP contribution is 2.46. The Morgan fingerprint density at radius 1 is 1.22 bits per heavy atom. The number of hydrogen-bond donors (Lipinski definition) is 2. The van der Waals surface area contributed by atoms with E-state index in [-0.39, 0.29) is 30.9 Å². The molecule has 0 radical (unpaired) electrons. The number of nitrogens with one attached hydrogen (secondary N) is 1. The molecule has 1 saturated heterocycles. The van der Waals surface area contributed by atoms with Crippen LogP contribution >= 0.6 is 11.6 Å². The smallest absolute Gasteiger partial charge is 0.310 e. The minimum absolute atomic E-state index is 0.131. The maximum atomic E-state index is 13.6. The summed E-state index contributed by atoms with van der Waals surface area (Å²) in [4.78, 5) is 41.3. The van der Waals surface area contributed by atoms with Crippen LogP contribution in [0.1, 0.15) is 33.6 Å². The zero-order valence-electron chi connectivity index (χ0n) is 18.7. The Bertz CT molecular complexity index is 872. The van der Waals surface area contributed by atoms with Crippen molar-refractivity contribution in [2.45, 2.75) is 45.7 Å². The summed E-state index contributed by atoms with van der Waals surface area (Å²) in [6.07, 6.45) is 5.45. The van der Waals surface area contributed by atoms with E-state index in [1.165, 1.54) is 4.90 Å². The minimum Gasteiger partial charge on any atom is -0.466 e. The molecule has 3 rings (SSSR count). The monoisotopic (exact) mass is 462 g/mol. The Morgan fingerprint density at radius 2 is 1.91 bits per heavy atom. The topological polar surface area (TPSA) is 95.9 Å². The predicted octanol–water partition coefficient (Wildman–Crippen LogP) is 3.27. The Hall–Kier alpha value is -2.38. The van der Waals surface area contributed by atoms with Gasteiger partial charge < -0.3 is 20.1 Å². The lowest BCUT2D eigenvalue weighted by molar-refractivity contribution is -0.156. The quantitative estimate of drug-likeness (QED) is 0.456. The number of likely N-dealkylation sites (tertiary alicyclic amines) is 1. The number of esters is 1. The molecule has 32 heavy (non-hydrogen) atoms. The number of benzene rings is 1. The molecule has 2 aliphatic rings. The summed E-state index contributed by atoms with van der Waals surface area (Å²) in [6.45, 7) is 5.40. The highest BCUT2D eigenvalue weighted by molar-refractivity contribution is 6.30. The van der Waals surface area contributed by atoms with Gasteiger partial charge in [-0.1, -0.05) is 37.1 Å². The number of allylic oxidation sites excluding steroid dienone is 1. The van der Waals surface area contributed by atoms with Gasteiger partial charge in [-0.05, 0) is 50.5 Å². The standard InChI is InChI=1S/C24H31ClN2O5/c1-4-6-15-7-12-18-20(19(15)24(31)32-5-2)23(30)27(14(3)13-28)21(18)22(29)26-17-10-8-16(25)9-11-17/h7-12,14-15,18-21,28H,4-6,13H2,1-3H3,(H,26,29)/t14-,15-,18+,19-,20-,21+/m1/s1. The normalized spacial score (nSPS) is 27.7. The van der Waals surface area contributed by atoms with Crippen LogP contribution in [0, 0.1) is 23.7 Å². The molecule has 0 spiro atoms. The lowest BCUT2D eigenvalue weighted by Gasteiger charge is -2.34. The molecule has 2 N–H and O–H groups in total. The second-order valence-corrected chi connectivity index (χ2v) is 8.87. The first kappa shape index (κ1) is 24.3. The maximum Gasteiger partial charge on any atom is 0.310 e. The first-order valence-corrected chi connectivity index (χ1v) is 11.6. The van der Waals surface area contributed by atoms with Crippen LogP contribution in [0.25, 0.3) is 0 Å². The van der Waals surface area contributed by atoms with Crippen molar-refractivity contribution in [2.24, 2.45) is 23.7 Å². The van der Waals surface area contributed by atoms with Crippen LogP contribution in [0.2, 0.25) is 5.02 Å². The predicted molar refractivity (Wildman–Crippen MR) is 122 cm³/mol. The number of ether oxygens (including phenoxy) is 1. The fourth-order valence-electron chi connectivity index (χ4n) is 4.93. The molecular formula is C24H31ClN2O5.